The molecule has 3 N–H and O–H groups in total. The topological polar surface area (TPSA) is 131 Å². The average molecular weight is 419 g/mol. The number of tetrazole rings is 1. The molecule has 1 aliphatic carbocycles. The van der Waals surface area contributed by atoms with Gasteiger partial charge in [-0.1, -0.05) is 42.5 Å². The highest BCUT2D eigenvalue weighted by molar-refractivity contribution is 5.96. The Kier molecular flexibility index (Phi) is 5.97. The summed E-state index contributed by atoms with van der Waals surface area (Å²) in [6, 6.07) is 16.4. The number of carbonyl (C=O) groups excluding carboxylic acids is 3. The lowest BCUT2D eigenvalue weighted by Gasteiger charge is -2.08. The molecule has 2 aromatic carbocycles. The summed E-state index contributed by atoms with van der Waals surface area (Å²) in [5.74, 6) is -0.516. The van der Waals surface area contributed by atoms with Crippen molar-refractivity contribution in [2.45, 2.75) is 19.4 Å². The molecule has 1 saturated carbocycles. The van der Waals surface area contributed by atoms with Crippen molar-refractivity contribution in [2.75, 3.05) is 6.54 Å². The Labute approximate surface area is 178 Å². The molecule has 3 aromatic rings. The van der Waals surface area contributed by atoms with Gasteiger partial charge in [0.25, 0.3) is 11.8 Å². The zero-order chi connectivity index (χ0) is 21.6. The van der Waals surface area contributed by atoms with Crippen molar-refractivity contribution in [3.05, 3.63) is 65.7 Å². The van der Waals surface area contributed by atoms with E-state index >= 15 is 0 Å². The molecule has 31 heavy (non-hydrogen) atoms. The minimum Gasteiger partial charge on any atom is -0.347 e. The number of rotatable bonds is 7. The van der Waals surface area contributed by atoms with Gasteiger partial charge in [0.05, 0.1) is 13.1 Å². The fraction of sp³-hybridized carbons (Fsp3) is 0.238. The smallest absolute Gasteiger partial charge is 0.269 e. The first-order valence-electron chi connectivity index (χ1n) is 9.87. The van der Waals surface area contributed by atoms with E-state index in [1.165, 1.54) is 4.80 Å². The SMILES string of the molecule is O=C(CNC(=O)C1CC1)NNC(=O)c1ccc(Cn2nnc(-c3ccccc3)n2)cc1. The van der Waals surface area contributed by atoms with E-state index in [-0.39, 0.29) is 18.4 Å². The summed E-state index contributed by atoms with van der Waals surface area (Å²) in [4.78, 5) is 36.9. The average Bonchev–Trinajstić information content (AvgIpc) is 3.56. The molecule has 4 rings (SSSR count). The van der Waals surface area contributed by atoms with Crippen molar-refractivity contribution in [1.29, 1.82) is 0 Å². The normalized spacial score (nSPS) is 12.8. The van der Waals surface area contributed by atoms with Crippen LogP contribution in [0.4, 0.5) is 0 Å². The molecule has 10 heteroatoms. The number of benzene rings is 2. The second-order valence-electron chi connectivity index (χ2n) is 7.20. The second-order valence-corrected chi connectivity index (χ2v) is 7.20. The van der Waals surface area contributed by atoms with Gasteiger partial charge in [-0.3, -0.25) is 25.2 Å². The van der Waals surface area contributed by atoms with Gasteiger partial charge in [0.1, 0.15) is 0 Å². The molecular formula is C21H21N7O3. The molecule has 0 atom stereocenters. The number of nitrogens with one attached hydrogen (secondary N) is 3. The van der Waals surface area contributed by atoms with Gasteiger partial charge in [-0.05, 0) is 35.8 Å². The van der Waals surface area contributed by atoms with E-state index in [2.05, 4.69) is 31.6 Å². The van der Waals surface area contributed by atoms with Gasteiger partial charge in [-0.2, -0.15) is 4.80 Å². The number of hydrogen-bond donors (Lipinski definition) is 3. The molecule has 0 radical (unpaired) electrons. The van der Waals surface area contributed by atoms with Crippen LogP contribution in [0, 0.1) is 5.92 Å². The van der Waals surface area contributed by atoms with Crippen molar-refractivity contribution in [3.63, 3.8) is 0 Å². The molecule has 0 unspecified atom stereocenters. The van der Waals surface area contributed by atoms with E-state index < -0.39 is 11.8 Å². The van der Waals surface area contributed by atoms with E-state index in [1.807, 2.05) is 30.3 Å². The first-order valence-corrected chi connectivity index (χ1v) is 9.87. The van der Waals surface area contributed by atoms with Gasteiger partial charge < -0.3 is 5.32 Å². The van der Waals surface area contributed by atoms with Gasteiger partial charge in [0, 0.05) is 17.0 Å². The molecular weight excluding hydrogens is 398 g/mol. The van der Waals surface area contributed by atoms with Crippen LogP contribution in [0.25, 0.3) is 11.4 Å². The standard InChI is InChI=1S/C21H21N7O3/c29-18(12-22-20(30)16-10-11-16)23-25-21(31)17-8-6-14(7-9-17)13-28-26-19(24-27-28)15-4-2-1-3-5-15/h1-9,16H,10-13H2,(H,22,30)(H,23,29)(H,25,31). The lowest BCUT2D eigenvalue weighted by molar-refractivity contribution is -0.127. The van der Waals surface area contributed by atoms with Crippen LogP contribution in [0.1, 0.15) is 28.8 Å². The molecule has 10 nitrogen and oxygen atoms in total. The van der Waals surface area contributed by atoms with Crippen LogP contribution in [0.15, 0.2) is 54.6 Å². The van der Waals surface area contributed by atoms with Crippen LogP contribution in [0.3, 0.4) is 0 Å². The summed E-state index contributed by atoms with van der Waals surface area (Å²) < 4.78 is 0. The summed E-state index contributed by atoms with van der Waals surface area (Å²) in [6.07, 6.45) is 1.72. The monoisotopic (exact) mass is 419 g/mol. The zero-order valence-electron chi connectivity index (χ0n) is 16.6. The van der Waals surface area contributed by atoms with Crippen LogP contribution in [0.5, 0.6) is 0 Å². The van der Waals surface area contributed by atoms with E-state index in [9.17, 15) is 14.4 Å². The van der Waals surface area contributed by atoms with Crippen molar-refractivity contribution in [2.24, 2.45) is 5.92 Å². The van der Waals surface area contributed by atoms with Crippen LogP contribution in [-0.4, -0.2) is 44.5 Å². The van der Waals surface area contributed by atoms with E-state index in [0.717, 1.165) is 24.0 Å². The van der Waals surface area contributed by atoms with Gasteiger partial charge in [0.15, 0.2) is 0 Å². The number of nitrogens with zero attached hydrogens (tertiary/aromatic N) is 4. The second kappa shape index (κ2) is 9.16. The number of hydrogen-bond acceptors (Lipinski definition) is 6. The summed E-state index contributed by atoms with van der Waals surface area (Å²) in [5.41, 5.74) is 6.76. The van der Waals surface area contributed by atoms with Crippen molar-refractivity contribution in [3.8, 4) is 11.4 Å². The third-order valence-corrected chi connectivity index (χ3v) is 4.71. The Morgan fingerprint density at radius 1 is 0.968 bits per heavy atom. The third-order valence-electron chi connectivity index (χ3n) is 4.71. The minimum absolute atomic E-state index is 0.0264. The van der Waals surface area contributed by atoms with Crippen molar-refractivity contribution < 1.29 is 14.4 Å². The molecule has 3 amide bonds. The molecule has 1 heterocycles. The molecule has 0 bridgehead atoms. The summed E-state index contributed by atoms with van der Waals surface area (Å²) in [6.45, 7) is 0.226. The van der Waals surface area contributed by atoms with E-state index in [1.54, 1.807) is 24.3 Å². The van der Waals surface area contributed by atoms with Crippen LogP contribution in [0.2, 0.25) is 0 Å². The lowest BCUT2D eigenvalue weighted by Crippen LogP contribution is -2.46. The fourth-order valence-electron chi connectivity index (χ4n) is 2.84. The maximum Gasteiger partial charge on any atom is 0.269 e. The predicted octanol–water partition coefficient (Wildman–Crippen LogP) is 0.676. The molecule has 1 aliphatic rings. The highest BCUT2D eigenvalue weighted by atomic mass is 16.2. The summed E-state index contributed by atoms with van der Waals surface area (Å²) in [5, 5.41) is 15.0. The highest BCUT2D eigenvalue weighted by Gasteiger charge is 2.29. The van der Waals surface area contributed by atoms with Gasteiger partial charge in [-0.15, -0.1) is 10.2 Å². The number of aromatic nitrogens is 4. The Morgan fingerprint density at radius 3 is 2.42 bits per heavy atom. The lowest BCUT2D eigenvalue weighted by atomic mass is 10.1. The maximum atomic E-state index is 12.2. The first-order chi connectivity index (χ1) is 15.1. The Balaban J connectivity index is 1.26. The maximum absolute atomic E-state index is 12.2. The van der Waals surface area contributed by atoms with Gasteiger partial charge >= 0.3 is 0 Å². The largest absolute Gasteiger partial charge is 0.347 e. The Hall–Kier alpha value is -4.08. The van der Waals surface area contributed by atoms with Crippen LogP contribution < -0.4 is 16.2 Å². The molecule has 1 aromatic heterocycles. The van der Waals surface area contributed by atoms with E-state index in [4.69, 9.17) is 0 Å². The quantitative estimate of drug-likeness (QED) is 0.483. The van der Waals surface area contributed by atoms with Crippen LogP contribution >= 0.6 is 0 Å². The van der Waals surface area contributed by atoms with Gasteiger partial charge in [-0.25, -0.2) is 0 Å². The summed E-state index contributed by atoms with van der Waals surface area (Å²) >= 11 is 0. The minimum atomic E-state index is -0.495. The predicted molar refractivity (Wildman–Crippen MR) is 110 cm³/mol. The number of carbonyl (C=O) groups is 3. The van der Waals surface area contributed by atoms with Crippen molar-refractivity contribution in [1.82, 2.24) is 36.4 Å². The van der Waals surface area contributed by atoms with Crippen LogP contribution in [-0.2, 0) is 16.1 Å². The zero-order valence-corrected chi connectivity index (χ0v) is 16.6. The summed E-state index contributed by atoms with van der Waals surface area (Å²) in [7, 11) is 0. The first kappa shape index (κ1) is 20.2. The molecule has 0 spiro atoms. The number of hydrazine groups is 1. The Bertz CT molecular complexity index is 1080. The molecule has 158 valence electrons. The van der Waals surface area contributed by atoms with Gasteiger partial charge in [0.2, 0.25) is 11.7 Å². The highest BCUT2D eigenvalue weighted by Crippen LogP contribution is 2.28. The third kappa shape index (κ3) is 5.50. The number of amides is 3. The molecule has 0 aliphatic heterocycles. The Morgan fingerprint density at radius 2 is 1.71 bits per heavy atom. The fourth-order valence-corrected chi connectivity index (χ4v) is 2.84. The van der Waals surface area contributed by atoms with Crippen molar-refractivity contribution >= 4 is 17.7 Å². The molecule has 0 saturated heterocycles. The molecule has 1 fully saturated rings. The van der Waals surface area contributed by atoms with E-state index in [0.29, 0.717) is 17.9 Å².